The van der Waals surface area contributed by atoms with Gasteiger partial charge in [-0.1, -0.05) is 38.1 Å². The molecule has 2 atom stereocenters. The van der Waals surface area contributed by atoms with Gasteiger partial charge in [0.25, 0.3) is 0 Å². The molecule has 5 nitrogen and oxygen atoms in total. The van der Waals surface area contributed by atoms with Crippen LogP contribution in [-0.2, 0) is 0 Å². The van der Waals surface area contributed by atoms with Crippen molar-refractivity contribution in [2.75, 3.05) is 18.0 Å². The molecule has 2 unspecified atom stereocenters. The summed E-state index contributed by atoms with van der Waals surface area (Å²) in [6.45, 7) is 14.3. The predicted molar refractivity (Wildman–Crippen MR) is 135 cm³/mol. The lowest BCUT2D eigenvalue weighted by atomic mass is 10.0. The average molecular weight is 430 g/mol. The van der Waals surface area contributed by atoms with Crippen LogP contribution in [-0.4, -0.2) is 41.8 Å². The molecule has 32 heavy (non-hydrogen) atoms. The molecular weight excluding hydrogens is 394 g/mol. The van der Waals surface area contributed by atoms with Crippen LogP contribution in [0.2, 0.25) is 0 Å². The van der Waals surface area contributed by atoms with E-state index in [4.69, 9.17) is 5.73 Å². The van der Waals surface area contributed by atoms with Gasteiger partial charge in [-0.15, -0.1) is 0 Å². The van der Waals surface area contributed by atoms with Gasteiger partial charge in [0.15, 0.2) is 0 Å². The van der Waals surface area contributed by atoms with E-state index in [1.54, 1.807) is 0 Å². The summed E-state index contributed by atoms with van der Waals surface area (Å²) in [4.78, 5) is 13.7. The number of hydrogen-bond donors (Lipinski definition) is 1. The van der Waals surface area contributed by atoms with Gasteiger partial charge >= 0.3 is 0 Å². The van der Waals surface area contributed by atoms with Crippen molar-refractivity contribution in [1.29, 1.82) is 0 Å². The number of aromatic nitrogens is 1. The lowest BCUT2D eigenvalue weighted by Crippen LogP contribution is -2.53. The summed E-state index contributed by atoms with van der Waals surface area (Å²) in [6.07, 6.45) is 6.52. The first-order valence-electron chi connectivity index (χ1n) is 11.6. The highest BCUT2D eigenvalue weighted by molar-refractivity contribution is 5.69. The average Bonchev–Trinajstić information content (AvgIpc) is 3.06. The number of nitrogens with two attached hydrogens (primary N) is 1. The summed E-state index contributed by atoms with van der Waals surface area (Å²) < 4.78 is 0. The van der Waals surface area contributed by atoms with Gasteiger partial charge in [-0.25, -0.2) is 4.99 Å². The molecule has 2 aromatic rings. The molecule has 4 rings (SSSR count). The second kappa shape index (κ2) is 9.19. The van der Waals surface area contributed by atoms with Gasteiger partial charge in [-0.2, -0.15) is 0 Å². The largest absolute Gasteiger partial charge is 0.382 e. The topological polar surface area (TPSA) is 57.8 Å². The van der Waals surface area contributed by atoms with E-state index in [1.807, 2.05) is 6.20 Å². The Bertz CT molecular complexity index is 1040. The van der Waals surface area contributed by atoms with E-state index in [-0.39, 0.29) is 0 Å². The minimum absolute atomic E-state index is 0.427. The van der Waals surface area contributed by atoms with Crippen LogP contribution in [0.3, 0.4) is 0 Å². The number of hydrogen-bond acceptors (Lipinski definition) is 5. The number of fused-ring (bicyclic) bond motifs is 2. The molecule has 0 spiro atoms. The highest BCUT2D eigenvalue weighted by Crippen LogP contribution is 2.37. The molecule has 168 valence electrons. The fraction of sp³-hybridized carbons (Fsp3) is 0.407. The van der Waals surface area contributed by atoms with E-state index in [0.29, 0.717) is 23.8 Å². The Morgan fingerprint density at radius 2 is 1.88 bits per heavy atom. The third-order valence-electron chi connectivity index (χ3n) is 6.83. The Morgan fingerprint density at radius 3 is 2.50 bits per heavy atom. The summed E-state index contributed by atoms with van der Waals surface area (Å²) in [5, 5.41) is 0. The fourth-order valence-corrected chi connectivity index (χ4v) is 5.14. The smallest absolute Gasteiger partial charge is 0.146 e. The number of piperazine rings is 1. The molecule has 2 bridgehead atoms. The van der Waals surface area contributed by atoms with Crippen LogP contribution >= 0.6 is 0 Å². The number of nitrogens with zero attached hydrogens (tertiary/aromatic N) is 4. The Morgan fingerprint density at radius 1 is 1.19 bits per heavy atom. The predicted octanol–water partition coefficient (Wildman–Crippen LogP) is 5.10. The molecule has 2 saturated heterocycles. The molecule has 2 aliphatic heterocycles. The third kappa shape index (κ3) is 4.29. The Labute approximate surface area is 192 Å². The molecule has 3 heterocycles. The van der Waals surface area contributed by atoms with Crippen molar-refractivity contribution in [3.63, 3.8) is 0 Å². The number of allylic oxidation sites excluding steroid dienone is 2. The first-order valence-corrected chi connectivity index (χ1v) is 11.6. The molecule has 2 fully saturated rings. The van der Waals surface area contributed by atoms with E-state index >= 15 is 0 Å². The van der Waals surface area contributed by atoms with Crippen LogP contribution in [0.4, 0.5) is 5.69 Å². The number of aliphatic imine (C=N–C) groups is 1. The Kier molecular flexibility index (Phi) is 6.35. The minimum atomic E-state index is 0.427. The summed E-state index contributed by atoms with van der Waals surface area (Å²) in [6, 6.07) is 13.8. The monoisotopic (exact) mass is 429 g/mol. The van der Waals surface area contributed by atoms with Crippen LogP contribution in [0.1, 0.15) is 56.4 Å². The molecule has 1 aromatic heterocycles. The lowest BCUT2D eigenvalue weighted by molar-refractivity contribution is 0.277. The molecule has 1 aromatic carbocycles. The second-order valence-electron chi connectivity index (χ2n) is 9.36. The Hall–Kier alpha value is -3.08. The molecule has 0 radical (unpaired) electrons. The first-order chi connectivity index (χ1) is 15.4. The Balaban J connectivity index is 1.62. The second-order valence-corrected chi connectivity index (χ2v) is 9.36. The van der Waals surface area contributed by atoms with Crippen molar-refractivity contribution in [3.05, 3.63) is 77.0 Å². The number of likely N-dealkylation sites (tertiary alicyclic amines) is 1. The number of anilines is 1. The maximum Gasteiger partial charge on any atom is 0.146 e. The quantitative estimate of drug-likeness (QED) is 0.513. The van der Waals surface area contributed by atoms with Crippen LogP contribution < -0.4 is 10.6 Å². The van der Waals surface area contributed by atoms with Crippen LogP contribution in [0.25, 0.3) is 5.57 Å². The molecule has 0 saturated carbocycles. The highest BCUT2D eigenvalue weighted by Gasteiger charge is 2.40. The van der Waals surface area contributed by atoms with E-state index in [1.165, 1.54) is 35.2 Å². The van der Waals surface area contributed by atoms with Gasteiger partial charge in [0.2, 0.25) is 0 Å². The summed E-state index contributed by atoms with van der Waals surface area (Å²) >= 11 is 0. The van der Waals surface area contributed by atoms with Gasteiger partial charge in [0.05, 0.1) is 5.70 Å². The van der Waals surface area contributed by atoms with Crippen LogP contribution in [0.15, 0.2) is 65.2 Å². The van der Waals surface area contributed by atoms with Crippen molar-refractivity contribution in [3.8, 4) is 0 Å². The maximum atomic E-state index is 6.37. The van der Waals surface area contributed by atoms with Crippen molar-refractivity contribution in [2.24, 2.45) is 10.7 Å². The SMILES string of the molecule is C=N/C(N)=C(\C=C(/C)c1ccccc1C)N1CC2CCC(C1)N2c1ccnc(C(C)C)c1. The highest BCUT2D eigenvalue weighted by atomic mass is 15.3. The normalized spacial score (nSPS) is 21.7. The third-order valence-corrected chi connectivity index (χ3v) is 6.83. The summed E-state index contributed by atoms with van der Waals surface area (Å²) in [7, 11) is 0. The zero-order chi connectivity index (χ0) is 22.8. The lowest BCUT2D eigenvalue weighted by Gasteiger charge is -2.44. The van der Waals surface area contributed by atoms with Crippen LogP contribution in [0.5, 0.6) is 0 Å². The first kappa shape index (κ1) is 22.1. The van der Waals surface area contributed by atoms with E-state index < -0.39 is 0 Å². The van der Waals surface area contributed by atoms with E-state index in [9.17, 15) is 0 Å². The summed E-state index contributed by atoms with van der Waals surface area (Å²) in [5.74, 6) is 0.924. The van der Waals surface area contributed by atoms with Crippen molar-refractivity contribution in [2.45, 2.75) is 58.5 Å². The molecule has 5 heteroatoms. The zero-order valence-corrected chi connectivity index (χ0v) is 19.8. The minimum Gasteiger partial charge on any atom is -0.382 e. The van der Waals surface area contributed by atoms with Gasteiger partial charge in [0, 0.05) is 42.8 Å². The van der Waals surface area contributed by atoms with Crippen molar-refractivity contribution >= 4 is 18.0 Å². The van der Waals surface area contributed by atoms with Gasteiger partial charge in [-0.3, -0.25) is 4.98 Å². The molecule has 2 N–H and O–H groups in total. The number of aryl methyl sites for hydroxylation is 1. The van der Waals surface area contributed by atoms with E-state index in [2.05, 4.69) is 96.7 Å². The molecule has 0 amide bonds. The zero-order valence-electron chi connectivity index (χ0n) is 19.8. The number of pyridine rings is 1. The van der Waals surface area contributed by atoms with E-state index in [0.717, 1.165) is 24.5 Å². The maximum absolute atomic E-state index is 6.37. The number of rotatable bonds is 6. The number of benzene rings is 1. The fourth-order valence-electron chi connectivity index (χ4n) is 5.14. The van der Waals surface area contributed by atoms with Gasteiger partial charge in [-0.05, 0) is 74.2 Å². The van der Waals surface area contributed by atoms with Gasteiger partial charge < -0.3 is 15.5 Å². The van der Waals surface area contributed by atoms with Crippen LogP contribution in [0, 0.1) is 6.92 Å². The molecule has 2 aliphatic rings. The van der Waals surface area contributed by atoms with Gasteiger partial charge in [0.1, 0.15) is 5.82 Å². The van der Waals surface area contributed by atoms with Crippen molar-refractivity contribution in [1.82, 2.24) is 9.88 Å². The summed E-state index contributed by atoms with van der Waals surface area (Å²) in [5.41, 5.74) is 13.5. The standard InChI is InChI=1S/C27H35N5/c1-18(2)25-15-21(12-13-30-25)32-22-10-11-23(32)17-31(16-22)26(27(28)29-5)14-20(4)24-9-7-6-8-19(24)3/h6-9,12-15,18,22-23H,5,10-11,16-17,28H2,1-4H3/b20-14+,27-26+. The molecule has 0 aliphatic carbocycles. The van der Waals surface area contributed by atoms with Crippen molar-refractivity contribution < 1.29 is 0 Å². The molecular formula is C27H35N5.